The van der Waals surface area contributed by atoms with Gasteiger partial charge in [-0.25, -0.2) is 4.39 Å². The molecule has 0 bridgehead atoms. The molecule has 4 rings (SSSR count). The van der Waals surface area contributed by atoms with Crippen LogP contribution in [0.25, 0.3) is 0 Å². The molecule has 1 aliphatic rings. The Morgan fingerprint density at radius 3 is 2.42 bits per heavy atom. The number of ether oxygens (including phenoxy) is 1. The van der Waals surface area contributed by atoms with Gasteiger partial charge < -0.3 is 10.1 Å². The van der Waals surface area contributed by atoms with E-state index in [2.05, 4.69) is 10.4 Å². The smallest absolute Gasteiger partial charge is 0.376 e. The second kappa shape index (κ2) is 8.50. The molecule has 162 valence electrons. The lowest BCUT2D eigenvalue weighted by molar-refractivity contribution is -0.137. The van der Waals surface area contributed by atoms with Gasteiger partial charge in [-0.1, -0.05) is 24.3 Å². The van der Waals surface area contributed by atoms with Gasteiger partial charge in [0.1, 0.15) is 5.82 Å². The Morgan fingerprint density at radius 2 is 1.74 bits per heavy atom. The number of hydrogen-bond donors (Lipinski definition) is 1. The quantitative estimate of drug-likeness (QED) is 0.617. The van der Waals surface area contributed by atoms with Crippen molar-refractivity contribution in [2.24, 2.45) is 0 Å². The van der Waals surface area contributed by atoms with Crippen LogP contribution >= 0.6 is 0 Å². The van der Waals surface area contributed by atoms with Crippen molar-refractivity contribution in [1.29, 1.82) is 0 Å². The van der Waals surface area contributed by atoms with Gasteiger partial charge in [-0.2, -0.15) is 18.3 Å². The second-order valence-electron chi connectivity index (χ2n) is 7.24. The molecule has 0 aliphatic carbocycles. The number of aromatic nitrogens is 2. The predicted molar refractivity (Wildman–Crippen MR) is 104 cm³/mol. The highest BCUT2D eigenvalue weighted by Crippen LogP contribution is 2.29. The first kappa shape index (κ1) is 21.0. The van der Waals surface area contributed by atoms with Crippen LogP contribution in [0, 0.1) is 5.82 Å². The Morgan fingerprint density at radius 1 is 1.06 bits per heavy atom. The summed E-state index contributed by atoms with van der Waals surface area (Å²) in [5.74, 6) is -0.762. The molecule has 1 N–H and O–H groups in total. The lowest BCUT2D eigenvalue weighted by Crippen LogP contribution is -2.25. The van der Waals surface area contributed by atoms with Crippen molar-refractivity contribution in [1.82, 2.24) is 15.1 Å². The van der Waals surface area contributed by atoms with Crippen LogP contribution in [0.1, 0.15) is 38.4 Å². The van der Waals surface area contributed by atoms with Crippen LogP contribution < -0.4 is 5.32 Å². The van der Waals surface area contributed by atoms with E-state index < -0.39 is 17.6 Å². The maximum Gasteiger partial charge on any atom is 0.416 e. The average molecular weight is 433 g/mol. The molecular weight excluding hydrogens is 414 g/mol. The summed E-state index contributed by atoms with van der Waals surface area (Å²) in [5, 5.41) is 7.16. The van der Waals surface area contributed by atoms with Gasteiger partial charge in [0.2, 0.25) is 0 Å². The molecular formula is C22H19F4N3O2. The SMILES string of the molecule is O=C(NCc1ccc(C(F)(F)F)cc1)c1nn(Cc2ccc(F)cc2)c2c1COCC2. The second-order valence-corrected chi connectivity index (χ2v) is 7.24. The van der Waals surface area contributed by atoms with Gasteiger partial charge in [-0.15, -0.1) is 0 Å². The number of nitrogens with one attached hydrogen (secondary N) is 1. The summed E-state index contributed by atoms with van der Waals surface area (Å²) in [6, 6.07) is 10.7. The molecule has 3 aromatic rings. The third-order valence-electron chi connectivity index (χ3n) is 5.09. The first-order valence-electron chi connectivity index (χ1n) is 9.66. The fourth-order valence-electron chi connectivity index (χ4n) is 3.46. The highest BCUT2D eigenvalue weighted by Gasteiger charge is 2.30. The number of alkyl halides is 3. The van der Waals surface area contributed by atoms with Gasteiger partial charge in [0.15, 0.2) is 5.69 Å². The fraction of sp³-hybridized carbons (Fsp3) is 0.273. The zero-order valence-corrected chi connectivity index (χ0v) is 16.4. The highest BCUT2D eigenvalue weighted by molar-refractivity contribution is 5.94. The minimum absolute atomic E-state index is 0.0669. The molecule has 1 amide bonds. The van der Waals surface area contributed by atoms with Crippen molar-refractivity contribution >= 4 is 5.91 Å². The van der Waals surface area contributed by atoms with E-state index in [4.69, 9.17) is 4.74 Å². The largest absolute Gasteiger partial charge is 0.416 e. The Bertz CT molecular complexity index is 1070. The normalized spacial score (nSPS) is 13.7. The maximum absolute atomic E-state index is 13.2. The number of rotatable bonds is 5. The van der Waals surface area contributed by atoms with Crippen molar-refractivity contribution < 1.29 is 27.1 Å². The summed E-state index contributed by atoms with van der Waals surface area (Å²) in [6.45, 7) is 1.21. The first-order chi connectivity index (χ1) is 14.8. The van der Waals surface area contributed by atoms with E-state index in [1.165, 1.54) is 24.3 Å². The Balaban J connectivity index is 1.50. The summed E-state index contributed by atoms with van der Waals surface area (Å²) in [6.07, 6.45) is -3.81. The van der Waals surface area contributed by atoms with Crippen LogP contribution in [0.15, 0.2) is 48.5 Å². The Labute approximate surface area is 175 Å². The molecule has 1 aromatic heterocycles. The molecule has 0 radical (unpaired) electrons. The van der Waals surface area contributed by atoms with Gasteiger partial charge >= 0.3 is 6.18 Å². The van der Waals surface area contributed by atoms with E-state index in [0.29, 0.717) is 30.7 Å². The van der Waals surface area contributed by atoms with Crippen molar-refractivity contribution in [3.8, 4) is 0 Å². The highest BCUT2D eigenvalue weighted by atomic mass is 19.4. The zero-order chi connectivity index (χ0) is 22.0. The van der Waals surface area contributed by atoms with E-state index >= 15 is 0 Å². The minimum Gasteiger partial charge on any atom is -0.376 e. The molecule has 31 heavy (non-hydrogen) atoms. The topological polar surface area (TPSA) is 56.2 Å². The van der Waals surface area contributed by atoms with Gasteiger partial charge in [0.05, 0.1) is 25.3 Å². The third-order valence-corrected chi connectivity index (χ3v) is 5.09. The van der Waals surface area contributed by atoms with Gasteiger partial charge in [-0.3, -0.25) is 9.48 Å². The van der Waals surface area contributed by atoms with Crippen LogP contribution in [0.4, 0.5) is 17.6 Å². The molecule has 1 aliphatic heterocycles. The van der Waals surface area contributed by atoms with Crippen molar-refractivity contribution in [2.45, 2.75) is 32.3 Å². The van der Waals surface area contributed by atoms with Crippen LogP contribution in [0.3, 0.4) is 0 Å². The van der Waals surface area contributed by atoms with Gasteiger partial charge in [-0.05, 0) is 35.4 Å². The van der Waals surface area contributed by atoms with Gasteiger partial charge in [0.25, 0.3) is 5.91 Å². The number of nitrogens with zero attached hydrogens (tertiary/aromatic N) is 2. The summed E-state index contributed by atoms with van der Waals surface area (Å²) < 4.78 is 58.4. The van der Waals surface area contributed by atoms with Crippen molar-refractivity contribution in [3.05, 3.63) is 88.0 Å². The molecule has 0 atom stereocenters. The van der Waals surface area contributed by atoms with Crippen molar-refractivity contribution in [2.75, 3.05) is 6.61 Å². The fourth-order valence-corrected chi connectivity index (χ4v) is 3.46. The molecule has 0 saturated carbocycles. The first-order valence-corrected chi connectivity index (χ1v) is 9.66. The monoisotopic (exact) mass is 433 g/mol. The van der Waals surface area contributed by atoms with Crippen LogP contribution in [-0.2, 0) is 37.0 Å². The number of fused-ring (bicyclic) bond motifs is 1. The summed E-state index contributed by atoms with van der Waals surface area (Å²) >= 11 is 0. The summed E-state index contributed by atoms with van der Waals surface area (Å²) in [4.78, 5) is 12.8. The number of carbonyl (C=O) groups excluding carboxylic acids is 1. The number of amides is 1. The number of hydrogen-bond acceptors (Lipinski definition) is 3. The average Bonchev–Trinajstić information content (AvgIpc) is 3.12. The molecule has 0 saturated heterocycles. The molecule has 9 heteroatoms. The molecule has 5 nitrogen and oxygen atoms in total. The van der Waals surface area contributed by atoms with E-state index in [0.717, 1.165) is 23.4 Å². The van der Waals surface area contributed by atoms with Crippen molar-refractivity contribution in [3.63, 3.8) is 0 Å². The van der Waals surface area contributed by atoms with E-state index in [-0.39, 0.29) is 24.7 Å². The standard InChI is InChI=1S/C22H19F4N3O2/c23-17-7-3-15(4-8-17)12-29-19-9-10-31-13-18(19)20(28-29)21(30)27-11-14-1-5-16(6-2-14)22(24,25)26/h1-8H,9-13H2,(H,27,30). The number of carbonyl (C=O) groups is 1. The summed E-state index contributed by atoms with van der Waals surface area (Å²) in [7, 11) is 0. The van der Waals surface area contributed by atoms with E-state index in [1.807, 2.05) is 0 Å². The van der Waals surface area contributed by atoms with Gasteiger partial charge in [0, 0.05) is 24.2 Å². The maximum atomic E-state index is 13.2. The number of halogens is 4. The third kappa shape index (κ3) is 4.77. The summed E-state index contributed by atoms with van der Waals surface area (Å²) in [5.41, 5.74) is 2.44. The number of benzene rings is 2. The lowest BCUT2D eigenvalue weighted by Gasteiger charge is -2.15. The Hall–Kier alpha value is -3.20. The predicted octanol–water partition coefficient (Wildman–Crippen LogP) is 4.09. The van der Waals surface area contributed by atoms with E-state index in [1.54, 1.807) is 16.8 Å². The molecule has 0 unspecified atom stereocenters. The van der Waals surface area contributed by atoms with Crippen LogP contribution in [0.2, 0.25) is 0 Å². The Kier molecular flexibility index (Phi) is 5.77. The molecule has 0 fully saturated rings. The van der Waals surface area contributed by atoms with Crippen LogP contribution in [-0.4, -0.2) is 22.3 Å². The molecule has 2 heterocycles. The zero-order valence-electron chi connectivity index (χ0n) is 16.4. The minimum atomic E-state index is -4.40. The molecule has 2 aromatic carbocycles. The van der Waals surface area contributed by atoms with E-state index in [9.17, 15) is 22.4 Å². The lowest BCUT2D eigenvalue weighted by atomic mass is 10.1. The molecule has 0 spiro atoms. The van der Waals surface area contributed by atoms with Crippen LogP contribution in [0.5, 0.6) is 0 Å².